The van der Waals surface area contributed by atoms with Crippen molar-refractivity contribution >= 4 is 0 Å². The molecule has 0 aliphatic heterocycles. The van der Waals surface area contributed by atoms with Crippen molar-refractivity contribution < 1.29 is 5.11 Å². The van der Waals surface area contributed by atoms with Gasteiger partial charge in [-0.05, 0) is 44.6 Å². The van der Waals surface area contributed by atoms with Crippen LogP contribution in [0.15, 0.2) is 16.9 Å². The average Bonchev–Trinajstić information content (AvgIpc) is 2.28. The Morgan fingerprint density at radius 3 is 2.81 bits per heavy atom. The molecule has 0 aromatic carbocycles. The molecule has 0 heterocycles. The van der Waals surface area contributed by atoms with Crippen molar-refractivity contribution in [2.75, 3.05) is 0 Å². The zero-order chi connectivity index (χ0) is 11.8. The summed E-state index contributed by atoms with van der Waals surface area (Å²) in [6, 6.07) is 0. The van der Waals surface area contributed by atoms with E-state index in [1.165, 1.54) is 44.1 Å². The van der Waals surface area contributed by atoms with Crippen molar-refractivity contribution in [3.63, 3.8) is 0 Å². The standard InChI is InChI=1S/C15H26O/c1-3-4-5-6-9-13(2)12-14-10-7-8-11-15(14)16/h15-16H,3-11H2,1-2H3/t12?,15-/m1/s1. The van der Waals surface area contributed by atoms with Crippen molar-refractivity contribution in [1.29, 1.82) is 0 Å². The molecule has 92 valence electrons. The van der Waals surface area contributed by atoms with Crippen LogP contribution in [0.2, 0.25) is 0 Å². The number of aliphatic hydroxyl groups is 1. The lowest BCUT2D eigenvalue weighted by Gasteiger charge is -2.18. The highest BCUT2D eigenvalue weighted by molar-refractivity contribution is 5.13. The molecule has 1 aliphatic carbocycles. The summed E-state index contributed by atoms with van der Waals surface area (Å²) >= 11 is 0. The Morgan fingerprint density at radius 2 is 2.12 bits per heavy atom. The highest BCUT2D eigenvalue weighted by atomic mass is 16.3. The quantitative estimate of drug-likeness (QED) is 0.541. The van der Waals surface area contributed by atoms with E-state index in [-0.39, 0.29) is 6.10 Å². The monoisotopic (exact) mass is 222 g/mol. The smallest absolute Gasteiger partial charge is 0.0823 e. The summed E-state index contributed by atoms with van der Waals surface area (Å²) in [5.74, 6) is 0. The van der Waals surface area contributed by atoms with Gasteiger partial charge in [0.15, 0.2) is 0 Å². The summed E-state index contributed by atoms with van der Waals surface area (Å²) in [6.07, 6.45) is 10.6. The lowest BCUT2D eigenvalue weighted by atomic mass is 9.92. The van der Waals surface area contributed by atoms with Crippen LogP contribution in [0.25, 0.3) is 0 Å². The number of hydrogen-bond donors (Lipinski definition) is 1. The largest absolute Gasteiger partial charge is 0.388 e. The Bertz CT molecular complexity index is 259. The fourth-order valence-electron chi connectivity index (χ4n) is 2.29. The summed E-state index contributed by atoms with van der Waals surface area (Å²) in [4.78, 5) is 0. The molecule has 1 heteroatoms. The van der Waals surface area contributed by atoms with Gasteiger partial charge in [-0.3, -0.25) is 0 Å². The molecule has 1 fully saturated rings. The van der Waals surface area contributed by atoms with Crippen molar-refractivity contribution in [2.45, 2.75) is 77.7 Å². The molecule has 1 N–H and O–H groups in total. The topological polar surface area (TPSA) is 20.2 Å². The Balaban J connectivity index is 2.42. The van der Waals surface area contributed by atoms with Gasteiger partial charge in [0.25, 0.3) is 0 Å². The zero-order valence-corrected chi connectivity index (χ0v) is 10.9. The second kappa shape index (κ2) is 7.70. The van der Waals surface area contributed by atoms with E-state index in [2.05, 4.69) is 19.6 Å². The van der Waals surface area contributed by atoms with Crippen molar-refractivity contribution in [1.82, 2.24) is 0 Å². The Labute approximate surface area is 100 Å². The minimum Gasteiger partial charge on any atom is -0.388 e. The highest BCUT2D eigenvalue weighted by Gasteiger charge is 2.15. The molecule has 0 radical (unpaired) electrons. The van der Waals surface area contributed by atoms with E-state index in [4.69, 9.17) is 0 Å². The zero-order valence-electron chi connectivity index (χ0n) is 10.9. The van der Waals surface area contributed by atoms with Crippen LogP contribution < -0.4 is 0 Å². The number of rotatable bonds is 5. The molecule has 0 unspecified atom stereocenters. The van der Waals surface area contributed by atoms with Crippen LogP contribution >= 0.6 is 0 Å². The predicted octanol–water partition coefficient (Wildman–Crippen LogP) is 4.36. The van der Waals surface area contributed by atoms with Crippen LogP contribution in [-0.4, -0.2) is 11.2 Å². The molecule has 16 heavy (non-hydrogen) atoms. The van der Waals surface area contributed by atoms with Gasteiger partial charge in [0.05, 0.1) is 6.10 Å². The lowest BCUT2D eigenvalue weighted by Crippen LogP contribution is -2.14. The van der Waals surface area contributed by atoms with Crippen LogP contribution in [0, 0.1) is 0 Å². The van der Waals surface area contributed by atoms with E-state index in [1.807, 2.05) is 0 Å². The van der Waals surface area contributed by atoms with Crippen LogP contribution in [0.5, 0.6) is 0 Å². The minimum atomic E-state index is -0.209. The fraction of sp³-hybridized carbons (Fsp3) is 0.800. The van der Waals surface area contributed by atoms with E-state index in [9.17, 15) is 5.11 Å². The molecule has 0 bridgehead atoms. The van der Waals surface area contributed by atoms with Crippen LogP contribution in [0.4, 0.5) is 0 Å². The third kappa shape index (κ3) is 5.01. The summed E-state index contributed by atoms with van der Waals surface area (Å²) < 4.78 is 0. The summed E-state index contributed by atoms with van der Waals surface area (Å²) in [5, 5.41) is 9.81. The summed E-state index contributed by atoms with van der Waals surface area (Å²) in [5.41, 5.74) is 5.91. The fourth-order valence-corrected chi connectivity index (χ4v) is 2.29. The van der Waals surface area contributed by atoms with E-state index >= 15 is 0 Å². The van der Waals surface area contributed by atoms with Crippen LogP contribution in [0.1, 0.15) is 71.6 Å². The van der Waals surface area contributed by atoms with Gasteiger partial charge < -0.3 is 5.11 Å². The molecule has 0 amide bonds. The first-order valence-electron chi connectivity index (χ1n) is 6.87. The number of unbranched alkanes of at least 4 members (excludes halogenated alkanes) is 3. The van der Waals surface area contributed by atoms with E-state index in [0.29, 0.717) is 0 Å². The molecule has 0 saturated heterocycles. The number of hydrogen-bond acceptors (Lipinski definition) is 1. The third-order valence-electron chi connectivity index (χ3n) is 3.36. The first-order valence-corrected chi connectivity index (χ1v) is 6.87. The van der Waals surface area contributed by atoms with Gasteiger partial charge in [0.2, 0.25) is 0 Å². The first kappa shape index (κ1) is 13.5. The number of aliphatic hydroxyl groups excluding tert-OH is 1. The normalized spacial score (nSPS) is 20.7. The second-order valence-corrected chi connectivity index (χ2v) is 5.00. The maximum absolute atomic E-state index is 9.81. The Morgan fingerprint density at radius 1 is 1.31 bits per heavy atom. The molecule has 0 aromatic heterocycles. The van der Waals surface area contributed by atoms with Gasteiger partial charge in [-0.15, -0.1) is 5.73 Å². The summed E-state index contributed by atoms with van der Waals surface area (Å²) in [6.45, 7) is 4.39. The summed E-state index contributed by atoms with van der Waals surface area (Å²) in [7, 11) is 0. The molecule has 0 spiro atoms. The second-order valence-electron chi connectivity index (χ2n) is 5.00. The van der Waals surface area contributed by atoms with Gasteiger partial charge in [-0.2, -0.15) is 0 Å². The van der Waals surface area contributed by atoms with Crippen LogP contribution in [-0.2, 0) is 0 Å². The predicted molar refractivity (Wildman–Crippen MR) is 69.4 cm³/mol. The van der Waals surface area contributed by atoms with Gasteiger partial charge in [-0.1, -0.05) is 32.6 Å². The lowest BCUT2D eigenvalue weighted by molar-refractivity contribution is 0.179. The van der Waals surface area contributed by atoms with Crippen molar-refractivity contribution in [3.05, 3.63) is 16.9 Å². The highest BCUT2D eigenvalue weighted by Crippen LogP contribution is 2.23. The van der Waals surface area contributed by atoms with E-state index in [0.717, 1.165) is 24.8 Å². The van der Waals surface area contributed by atoms with Crippen molar-refractivity contribution in [2.24, 2.45) is 0 Å². The van der Waals surface area contributed by atoms with Gasteiger partial charge >= 0.3 is 0 Å². The molecule has 1 aliphatic rings. The molecule has 0 aromatic rings. The third-order valence-corrected chi connectivity index (χ3v) is 3.36. The maximum Gasteiger partial charge on any atom is 0.0823 e. The molecule has 1 nitrogen and oxygen atoms in total. The van der Waals surface area contributed by atoms with Gasteiger partial charge in [-0.25, -0.2) is 0 Å². The van der Waals surface area contributed by atoms with Gasteiger partial charge in [0.1, 0.15) is 0 Å². The van der Waals surface area contributed by atoms with Crippen LogP contribution in [0.3, 0.4) is 0 Å². The van der Waals surface area contributed by atoms with E-state index < -0.39 is 0 Å². The Hall–Kier alpha value is -0.520. The molecule has 1 rings (SSSR count). The molecular formula is C15H26O. The van der Waals surface area contributed by atoms with E-state index in [1.54, 1.807) is 0 Å². The average molecular weight is 222 g/mol. The minimum absolute atomic E-state index is 0.209. The molecular weight excluding hydrogens is 196 g/mol. The molecule has 1 saturated carbocycles. The first-order chi connectivity index (χ1) is 7.74. The van der Waals surface area contributed by atoms with Crippen molar-refractivity contribution in [3.8, 4) is 0 Å². The maximum atomic E-state index is 9.81. The Kier molecular flexibility index (Phi) is 6.52. The van der Waals surface area contributed by atoms with Gasteiger partial charge in [0, 0.05) is 5.57 Å². The molecule has 1 atom stereocenters. The SMILES string of the molecule is CCCCCCC(C)=C=C1CCCC[C@H]1O.